The minimum atomic E-state index is -0.827. The van der Waals surface area contributed by atoms with Gasteiger partial charge in [-0.15, -0.1) is 0 Å². The fourth-order valence-electron chi connectivity index (χ4n) is 1.95. The van der Waals surface area contributed by atoms with Gasteiger partial charge in [-0.3, -0.25) is 10.1 Å². The highest BCUT2D eigenvalue weighted by Crippen LogP contribution is 2.22. The Bertz CT molecular complexity index is 656. The number of hydrogen-bond acceptors (Lipinski definition) is 3. The molecule has 0 bridgehead atoms. The molecule has 0 fully saturated rings. The number of aryl methyl sites for hydroxylation is 2. The van der Waals surface area contributed by atoms with Gasteiger partial charge in [-0.05, 0) is 37.1 Å². The fraction of sp³-hybridized carbons (Fsp3) is 0.200. The lowest BCUT2D eigenvalue weighted by Gasteiger charge is -2.10. The summed E-state index contributed by atoms with van der Waals surface area (Å²) in [4.78, 5) is 9.96. The van der Waals surface area contributed by atoms with Crippen molar-refractivity contribution in [1.82, 2.24) is 0 Å². The van der Waals surface area contributed by atoms with Crippen LogP contribution in [0.1, 0.15) is 16.7 Å². The normalized spacial score (nSPS) is 10.3. The Kier molecular flexibility index (Phi) is 3.98. The van der Waals surface area contributed by atoms with Gasteiger partial charge in [0.1, 0.15) is 0 Å². The van der Waals surface area contributed by atoms with Gasteiger partial charge in [-0.25, -0.2) is 0 Å². The van der Waals surface area contributed by atoms with E-state index in [1.54, 1.807) is 0 Å². The number of hydrogen-bond donors (Lipinski definition) is 1. The molecule has 0 saturated carbocycles. The van der Waals surface area contributed by atoms with Crippen molar-refractivity contribution in [2.45, 2.75) is 20.4 Å². The number of anilines is 1. The molecule has 0 aromatic heterocycles. The average molecular weight is 274 g/mol. The Morgan fingerprint density at radius 1 is 1.20 bits per heavy atom. The topological polar surface area (TPSA) is 55.2 Å². The van der Waals surface area contributed by atoms with E-state index >= 15 is 0 Å². The third-order valence-electron chi connectivity index (χ3n) is 3.13. The predicted molar refractivity (Wildman–Crippen MR) is 76.3 cm³/mol. The van der Waals surface area contributed by atoms with Crippen molar-refractivity contribution >= 4 is 11.4 Å². The number of nitrogens with zero attached hydrogens (tertiary/aromatic N) is 1. The third kappa shape index (κ3) is 3.12. The van der Waals surface area contributed by atoms with Crippen molar-refractivity contribution in [3.05, 3.63) is 69.0 Å². The maximum Gasteiger partial charge on any atom is 0.306 e. The predicted octanol–water partition coefficient (Wildman–Crippen LogP) is 3.96. The van der Waals surface area contributed by atoms with Crippen LogP contribution in [0, 0.1) is 29.8 Å². The highest BCUT2D eigenvalue weighted by molar-refractivity contribution is 5.52. The van der Waals surface area contributed by atoms with Gasteiger partial charge in [0.05, 0.1) is 4.92 Å². The summed E-state index contributed by atoms with van der Waals surface area (Å²) < 4.78 is 13.2. The van der Waals surface area contributed by atoms with Crippen molar-refractivity contribution in [1.29, 1.82) is 0 Å². The Labute approximate surface area is 116 Å². The average Bonchev–Trinajstić information content (AvgIpc) is 2.41. The summed E-state index contributed by atoms with van der Waals surface area (Å²) in [7, 11) is 0. The molecule has 4 nitrogen and oxygen atoms in total. The van der Waals surface area contributed by atoms with E-state index in [4.69, 9.17) is 0 Å². The highest BCUT2D eigenvalue weighted by atomic mass is 19.1. The molecule has 1 N–H and O–H groups in total. The zero-order valence-corrected chi connectivity index (χ0v) is 11.3. The van der Waals surface area contributed by atoms with Crippen LogP contribution in [0.25, 0.3) is 0 Å². The minimum absolute atomic E-state index is 0.518. The summed E-state index contributed by atoms with van der Waals surface area (Å²) in [6.45, 7) is 4.55. The van der Waals surface area contributed by atoms with E-state index in [0.29, 0.717) is 12.2 Å². The molecule has 0 spiro atoms. The second-order valence-corrected chi connectivity index (χ2v) is 4.71. The highest BCUT2D eigenvalue weighted by Gasteiger charge is 2.14. The standard InChI is InChI=1S/C15H15FN2O2/c1-10-3-4-11(2)12(7-10)9-17-13-5-6-14(16)15(8-13)18(19)20/h3-8,17H,9H2,1-2H3. The van der Waals surface area contributed by atoms with Crippen LogP contribution in [-0.2, 0) is 6.54 Å². The number of benzene rings is 2. The van der Waals surface area contributed by atoms with E-state index in [2.05, 4.69) is 11.4 Å². The number of nitro benzene ring substituents is 1. The lowest BCUT2D eigenvalue weighted by molar-refractivity contribution is -0.387. The van der Waals surface area contributed by atoms with Crippen molar-refractivity contribution in [2.24, 2.45) is 0 Å². The maximum atomic E-state index is 13.2. The Hall–Kier alpha value is -2.43. The molecule has 0 aliphatic heterocycles. The van der Waals surface area contributed by atoms with E-state index in [1.807, 2.05) is 26.0 Å². The van der Waals surface area contributed by atoms with Crippen LogP contribution in [0.15, 0.2) is 36.4 Å². The quantitative estimate of drug-likeness (QED) is 0.678. The first kappa shape index (κ1) is 14.0. The lowest BCUT2D eigenvalue weighted by Crippen LogP contribution is -2.03. The maximum absolute atomic E-state index is 13.2. The molecule has 0 atom stereocenters. The summed E-state index contributed by atoms with van der Waals surface area (Å²) in [6, 6.07) is 9.92. The number of rotatable bonds is 4. The first-order valence-electron chi connectivity index (χ1n) is 6.21. The van der Waals surface area contributed by atoms with Gasteiger partial charge in [-0.1, -0.05) is 23.8 Å². The molecule has 2 rings (SSSR count). The lowest BCUT2D eigenvalue weighted by atomic mass is 10.1. The van der Waals surface area contributed by atoms with Gasteiger partial charge in [0.2, 0.25) is 5.82 Å². The molecular formula is C15H15FN2O2. The molecule has 0 aliphatic rings. The molecule has 2 aromatic rings. The molecule has 0 aliphatic carbocycles. The van der Waals surface area contributed by atoms with Crippen LogP contribution in [0.2, 0.25) is 0 Å². The summed E-state index contributed by atoms with van der Waals surface area (Å²) in [5.41, 5.74) is 3.41. The van der Waals surface area contributed by atoms with Crippen molar-refractivity contribution in [2.75, 3.05) is 5.32 Å². The third-order valence-corrected chi connectivity index (χ3v) is 3.13. The van der Waals surface area contributed by atoms with Crippen LogP contribution in [0.3, 0.4) is 0 Å². The minimum Gasteiger partial charge on any atom is -0.381 e. The zero-order valence-electron chi connectivity index (χ0n) is 11.3. The van der Waals surface area contributed by atoms with E-state index < -0.39 is 16.4 Å². The molecule has 0 unspecified atom stereocenters. The summed E-state index contributed by atoms with van der Waals surface area (Å²) in [5, 5.41) is 13.8. The van der Waals surface area contributed by atoms with Crippen molar-refractivity contribution < 1.29 is 9.31 Å². The molecule has 104 valence electrons. The smallest absolute Gasteiger partial charge is 0.306 e. The number of nitro groups is 1. The van der Waals surface area contributed by atoms with Gasteiger partial charge < -0.3 is 5.32 Å². The second kappa shape index (κ2) is 5.69. The Morgan fingerprint density at radius 3 is 2.65 bits per heavy atom. The molecule has 0 heterocycles. The number of halogens is 1. The summed E-state index contributed by atoms with van der Waals surface area (Å²) in [5.74, 6) is -0.827. The van der Waals surface area contributed by atoms with Gasteiger partial charge in [-0.2, -0.15) is 4.39 Å². The number of nitrogens with one attached hydrogen (secondary N) is 1. The molecule has 5 heteroatoms. The summed E-state index contributed by atoms with van der Waals surface area (Å²) in [6.07, 6.45) is 0. The van der Waals surface area contributed by atoms with E-state index in [0.717, 1.165) is 22.8 Å². The first-order valence-corrected chi connectivity index (χ1v) is 6.21. The van der Waals surface area contributed by atoms with Crippen molar-refractivity contribution in [3.63, 3.8) is 0 Å². The van der Waals surface area contributed by atoms with Crippen LogP contribution < -0.4 is 5.32 Å². The molecule has 0 radical (unpaired) electrons. The molecule has 2 aromatic carbocycles. The van der Waals surface area contributed by atoms with E-state index in [-0.39, 0.29) is 0 Å². The van der Waals surface area contributed by atoms with Gasteiger partial charge in [0.15, 0.2) is 0 Å². The van der Waals surface area contributed by atoms with Crippen LogP contribution >= 0.6 is 0 Å². The van der Waals surface area contributed by atoms with Gasteiger partial charge >= 0.3 is 5.69 Å². The molecular weight excluding hydrogens is 259 g/mol. The molecule has 0 saturated heterocycles. The largest absolute Gasteiger partial charge is 0.381 e. The van der Waals surface area contributed by atoms with Crippen LogP contribution in [-0.4, -0.2) is 4.92 Å². The second-order valence-electron chi connectivity index (χ2n) is 4.71. The Balaban J connectivity index is 2.17. The molecule has 0 amide bonds. The first-order chi connectivity index (χ1) is 9.47. The fourth-order valence-corrected chi connectivity index (χ4v) is 1.95. The SMILES string of the molecule is Cc1ccc(C)c(CNc2ccc(F)c([N+](=O)[O-])c2)c1. The van der Waals surface area contributed by atoms with E-state index in [9.17, 15) is 14.5 Å². The zero-order chi connectivity index (χ0) is 14.7. The van der Waals surface area contributed by atoms with Gasteiger partial charge in [0, 0.05) is 18.3 Å². The van der Waals surface area contributed by atoms with Crippen LogP contribution in [0.5, 0.6) is 0 Å². The van der Waals surface area contributed by atoms with Gasteiger partial charge in [0.25, 0.3) is 0 Å². The molecule has 20 heavy (non-hydrogen) atoms. The monoisotopic (exact) mass is 274 g/mol. The van der Waals surface area contributed by atoms with E-state index in [1.165, 1.54) is 12.1 Å². The Morgan fingerprint density at radius 2 is 1.95 bits per heavy atom. The van der Waals surface area contributed by atoms with Crippen molar-refractivity contribution in [3.8, 4) is 0 Å². The summed E-state index contributed by atoms with van der Waals surface area (Å²) >= 11 is 0. The van der Waals surface area contributed by atoms with Crippen LogP contribution in [0.4, 0.5) is 15.8 Å².